The molecule has 5 aromatic carbocycles. The highest BCUT2D eigenvalue weighted by Crippen LogP contribution is 2.29. The molecule has 0 saturated heterocycles. The third kappa shape index (κ3) is 18.5. The van der Waals surface area contributed by atoms with Crippen LogP contribution in [-0.2, 0) is 27.2 Å². The quantitative estimate of drug-likeness (QED) is 0.0279. The second-order valence-electron chi connectivity index (χ2n) is 15.4. The number of hydrogen-bond donors (Lipinski definition) is 1. The number of aliphatic hydroxyl groups is 1. The van der Waals surface area contributed by atoms with Crippen LogP contribution in [0.5, 0.6) is 11.5 Å². The van der Waals surface area contributed by atoms with Gasteiger partial charge in [0.2, 0.25) is 0 Å². The van der Waals surface area contributed by atoms with Gasteiger partial charge in [-0.15, -0.1) is 0 Å². The average molecular weight is 867 g/mol. The molecule has 1 N–H and O–H groups in total. The highest BCUT2D eigenvalue weighted by molar-refractivity contribution is 5.78. The summed E-state index contributed by atoms with van der Waals surface area (Å²) in [6.07, 6.45) is 18.8. The van der Waals surface area contributed by atoms with Crippen molar-refractivity contribution >= 4 is 47.1 Å². The van der Waals surface area contributed by atoms with E-state index in [1.54, 1.807) is 7.11 Å². The summed E-state index contributed by atoms with van der Waals surface area (Å²) < 4.78 is 28.4. The summed E-state index contributed by atoms with van der Waals surface area (Å²) in [6, 6.07) is 35.7. The predicted molar refractivity (Wildman–Crippen MR) is 261 cm³/mol. The number of aryl methyl sites for hydroxylation is 1. The summed E-state index contributed by atoms with van der Waals surface area (Å²) in [6.45, 7) is 7.78. The monoisotopic (exact) mass is 866 g/mol. The molecule has 0 atom stereocenters. The van der Waals surface area contributed by atoms with Crippen LogP contribution in [0.3, 0.4) is 0 Å². The third-order valence-corrected chi connectivity index (χ3v) is 10.3. The van der Waals surface area contributed by atoms with Crippen molar-refractivity contribution in [3.8, 4) is 11.5 Å². The predicted octanol–water partition coefficient (Wildman–Crippen LogP) is 14.5. The molecule has 5 aromatic rings. The van der Waals surface area contributed by atoms with E-state index in [0.717, 1.165) is 75.8 Å². The van der Waals surface area contributed by atoms with Crippen molar-refractivity contribution in [3.05, 3.63) is 143 Å². The van der Waals surface area contributed by atoms with Gasteiger partial charge in [-0.25, -0.2) is 0 Å². The second kappa shape index (κ2) is 29.6. The molecule has 0 fully saturated rings. The van der Waals surface area contributed by atoms with Gasteiger partial charge in [0.15, 0.2) is 0 Å². The Hall–Kier alpha value is -5.78. The Morgan fingerprint density at radius 2 is 0.969 bits per heavy atom. The van der Waals surface area contributed by atoms with Gasteiger partial charge in [0.1, 0.15) is 18.1 Å². The van der Waals surface area contributed by atoms with Crippen molar-refractivity contribution in [3.63, 3.8) is 0 Å². The van der Waals surface area contributed by atoms with E-state index < -0.39 is 0 Å². The van der Waals surface area contributed by atoms with Gasteiger partial charge in [-0.2, -0.15) is 20.5 Å². The smallest absolute Gasteiger partial charge is 0.127 e. The van der Waals surface area contributed by atoms with Gasteiger partial charge in [-0.1, -0.05) is 113 Å². The van der Waals surface area contributed by atoms with Crippen LogP contribution < -0.4 is 9.47 Å². The van der Waals surface area contributed by atoms with E-state index in [4.69, 9.17) is 23.7 Å². The van der Waals surface area contributed by atoms with Crippen molar-refractivity contribution in [2.45, 2.75) is 78.2 Å². The lowest BCUT2D eigenvalue weighted by Crippen LogP contribution is -2.12. The molecule has 0 amide bonds. The summed E-state index contributed by atoms with van der Waals surface area (Å²) in [4.78, 5) is 0. The summed E-state index contributed by atoms with van der Waals surface area (Å²) in [5.74, 6) is 1.52. The first-order chi connectivity index (χ1) is 31.6. The molecule has 10 nitrogen and oxygen atoms in total. The fourth-order valence-electron chi connectivity index (χ4n) is 6.60. The van der Waals surface area contributed by atoms with Crippen LogP contribution >= 0.6 is 0 Å². The van der Waals surface area contributed by atoms with Crippen LogP contribution in [0.15, 0.2) is 130 Å². The minimum atomic E-state index is -0.138. The van der Waals surface area contributed by atoms with Gasteiger partial charge in [-0.05, 0) is 120 Å². The number of hydrogen-bond acceptors (Lipinski definition) is 10. The lowest BCUT2D eigenvalue weighted by Gasteiger charge is -2.14. The Labute approximate surface area is 380 Å². The maximum absolute atomic E-state index is 10.5. The number of nitrogens with zero attached hydrogens (tertiary/aromatic N) is 4. The molecule has 0 aliphatic heterocycles. The molecule has 0 unspecified atom stereocenters. The van der Waals surface area contributed by atoms with E-state index in [1.165, 1.54) is 50.5 Å². The van der Waals surface area contributed by atoms with E-state index >= 15 is 0 Å². The van der Waals surface area contributed by atoms with Gasteiger partial charge >= 0.3 is 0 Å². The largest absolute Gasteiger partial charge is 0.494 e. The maximum atomic E-state index is 10.5. The highest BCUT2D eigenvalue weighted by atomic mass is 16.6. The molecule has 0 aromatic heterocycles. The van der Waals surface area contributed by atoms with Gasteiger partial charge < -0.3 is 28.8 Å². The van der Waals surface area contributed by atoms with Gasteiger partial charge in [0.05, 0.1) is 69.0 Å². The van der Waals surface area contributed by atoms with Crippen LogP contribution in [0.25, 0.3) is 24.3 Å². The van der Waals surface area contributed by atoms with Gasteiger partial charge in [0, 0.05) is 12.7 Å². The zero-order chi connectivity index (χ0) is 44.9. The second-order valence-corrected chi connectivity index (χ2v) is 15.4. The molecule has 0 radical (unpaired) electrons. The Morgan fingerprint density at radius 1 is 0.469 bits per heavy atom. The van der Waals surface area contributed by atoms with Crippen LogP contribution in [0.4, 0.5) is 22.7 Å². The van der Waals surface area contributed by atoms with Crippen molar-refractivity contribution in [1.82, 2.24) is 0 Å². The van der Waals surface area contributed by atoms with E-state index in [1.807, 2.05) is 121 Å². The van der Waals surface area contributed by atoms with Crippen LogP contribution in [0.2, 0.25) is 0 Å². The van der Waals surface area contributed by atoms with E-state index in [-0.39, 0.29) is 6.61 Å². The molecule has 0 heterocycles. The summed E-state index contributed by atoms with van der Waals surface area (Å²) in [5, 5.41) is 28.2. The lowest BCUT2D eigenvalue weighted by molar-refractivity contribution is 0.0179. The number of rotatable bonds is 30. The minimum absolute atomic E-state index is 0.138. The van der Waals surface area contributed by atoms with Crippen LogP contribution in [0, 0.1) is 0 Å². The van der Waals surface area contributed by atoms with Crippen LogP contribution in [-0.4, -0.2) is 58.5 Å². The van der Waals surface area contributed by atoms with Gasteiger partial charge in [0.25, 0.3) is 0 Å². The Kier molecular flexibility index (Phi) is 22.7. The van der Waals surface area contributed by atoms with Crippen molar-refractivity contribution < 1.29 is 28.8 Å². The molecular weight excluding hydrogens is 801 g/mol. The Bertz CT molecular complexity index is 2170. The summed E-state index contributed by atoms with van der Waals surface area (Å²) in [7, 11) is 1.65. The van der Waals surface area contributed by atoms with Crippen molar-refractivity contribution in [2.24, 2.45) is 20.5 Å². The van der Waals surface area contributed by atoms with E-state index in [2.05, 4.69) is 46.4 Å². The standard InChI is InChI=1S/C54H66N4O6/c1-4-6-8-10-12-43-15-23-49(24-16-43)55-56-50-25-17-44(18-26-50)13-21-46-41-54(64-39-38-62-37-36-61-35-34-60-3)47(40-48(46)42-59)22-14-45-19-27-51(28-20-45)57-58-52-29-31-53(32-30-52)63-33-11-9-7-5-2/h13-32,40-41,59H,4-12,33-39,42H2,1-3H3/b21-13+,22-14+,56-55+,58-57+. The Morgan fingerprint density at radius 3 is 1.52 bits per heavy atom. The number of aliphatic hydroxyl groups excluding tert-OH is 1. The number of azo groups is 2. The number of methoxy groups -OCH3 is 1. The zero-order valence-corrected chi connectivity index (χ0v) is 38.0. The zero-order valence-electron chi connectivity index (χ0n) is 38.0. The highest BCUT2D eigenvalue weighted by Gasteiger charge is 2.09. The molecule has 0 bridgehead atoms. The number of ether oxygens (including phenoxy) is 5. The van der Waals surface area contributed by atoms with Crippen molar-refractivity contribution in [1.29, 1.82) is 0 Å². The SMILES string of the molecule is CCCCCCOc1ccc(/N=N/c2ccc(/C=C/c3cc(CO)c(/C=C/c4ccc(/N=N/c5ccc(CCCCCC)cc5)cc4)cc3OCCOCCOCCOC)cc2)cc1. The van der Waals surface area contributed by atoms with E-state index in [9.17, 15) is 5.11 Å². The molecule has 0 aliphatic carbocycles. The molecule has 0 spiro atoms. The first kappa shape index (κ1) is 49.2. The summed E-state index contributed by atoms with van der Waals surface area (Å²) in [5.41, 5.74) is 8.86. The normalized spacial score (nSPS) is 11.8. The first-order valence-electron chi connectivity index (χ1n) is 22.8. The number of benzene rings is 5. The third-order valence-electron chi connectivity index (χ3n) is 10.3. The fraction of sp³-hybridized carbons (Fsp3) is 0.370. The fourth-order valence-corrected chi connectivity index (χ4v) is 6.60. The molecule has 0 aliphatic rings. The minimum Gasteiger partial charge on any atom is -0.494 e. The molecule has 0 saturated carbocycles. The molecule has 338 valence electrons. The van der Waals surface area contributed by atoms with Crippen LogP contribution in [0.1, 0.15) is 98.6 Å². The molecular formula is C54H66N4O6. The number of unbranched alkanes of at least 4 members (excludes halogenated alkanes) is 6. The van der Waals surface area contributed by atoms with Crippen molar-refractivity contribution in [2.75, 3.05) is 53.4 Å². The topological polar surface area (TPSA) is 116 Å². The average Bonchev–Trinajstić information content (AvgIpc) is 3.33. The van der Waals surface area contributed by atoms with E-state index in [0.29, 0.717) is 45.4 Å². The molecule has 10 heteroatoms. The van der Waals surface area contributed by atoms with Gasteiger partial charge in [-0.3, -0.25) is 0 Å². The lowest BCUT2D eigenvalue weighted by atomic mass is 10.0. The molecule has 5 rings (SSSR count). The first-order valence-corrected chi connectivity index (χ1v) is 22.8. The molecule has 64 heavy (non-hydrogen) atoms. The summed E-state index contributed by atoms with van der Waals surface area (Å²) >= 11 is 0. The Balaban J connectivity index is 1.22. The maximum Gasteiger partial charge on any atom is 0.127 e.